The van der Waals surface area contributed by atoms with Crippen LogP contribution in [0.4, 0.5) is 0 Å². The lowest BCUT2D eigenvalue weighted by molar-refractivity contribution is -0.137. The number of carbonyl (C=O) groups excluding carboxylic acids is 3. The molecule has 0 aliphatic carbocycles. The van der Waals surface area contributed by atoms with E-state index in [0.29, 0.717) is 43.3 Å². The lowest BCUT2D eigenvalue weighted by Crippen LogP contribution is -2.42. The number of aromatic nitrogens is 1. The van der Waals surface area contributed by atoms with E-state index in [1.165, 1.54) is 11.0 Å². The van der Waals surface area contributed by atoms with Gasteiger partial charge in [0.25, 0.3) is 5.91 Å². The second-order valence-electron chi connectivity index (χ2n) is 6.08. The minimum absolute atomic E-state index is 0.00617. The summed E-state index contributed by atoms with van der Waals surface area (Å²) in [6.07, 6.45) is 3.56. The number of aryl methyl sites for hydroxylation is 1. The zero-order chi connectivity index (χ0) is 18.6. The van der Waals surface area contributed by atoms with Crippen molar-refractivity contribution in [1.82, 2.24) is 19.3 Å². The van der Waals surface area contributed by atoms with E-state index in [0.717, 1.165) is 0 Å². The third-order valence-electron chi connectivity index (χ3n) is 4.25. The highest BCUT2D eigenvalue weighted by atomic mass is 35.5. The van der Waals surface area contributed by atoms with Crippen molar-refractivity contribution in [3.8, 4) is 0 Å². The summed E-state index contributed by atoms with van der Waals surface area (Å²) >= 11 is 5.95. The van der Waals surface area contributed by atoms with Crippen molar-refractivity contribution in [3.63, 3.8) is 0 Å². The van der Waals surface area contributed by atoms with Gasteiger partial charge in [-0.05, 0) is 18.6 Å². The minimum atomic E-state index is -0.291. The predicted octanol–water partition coefficient (Wildman–Crippen LogP) is 0.997. The number of carbonyl (C=O) groups is 3. The zero-order valence-corrected chi connectivity index (χ0v) is 15.3. The Morgan fingerprint density at radius 1 is 1.24 bits per heavy atom. The first kappa shape index (κ1) is 19.1. The highest BCUT2D eigenvalue weighted by Gasteiger charge is 2.25. The summed E-state index contributed by atoms with van der Waals surface area (Å²) in [5, 5.41) is 0.521. The van der Waals surface area contributed by atoms with Crippen molar-refractivity contribution in [2.45, 2.75) is 6.42 Å². The Bertz CT molecular complexity index is 685. The van der Waals surface area contributed by atoms with Gasteiger partial charge in [0.2, 0.25) is 11.8 Å². The van der Waals surface area contributed by atoms with Gasteiger partial charge < -0.3 is 19.3 Å². The molecule has 1 saturated heterocycles. The maximum Gasteiger partial charge on any atom is 0.270 e. The van der Waals surface area contributed by atoms with Gasteiger partial charge in [0.05, 0.1) is 11.6 Å². The topological polar surface area (TPSA) is 65.9 Å². The molecule has 1 aliphatic heterocycles. The molecule has 1 aromatic rings. The standard InChI is InChI=1S/C17H23ClN4O3/c1-4-15(23)20(3)12-16(24)21-6-5-7-22(9-8-21)17(25)14-10-13(18)11-19(14)2/h4,10-11H,1,5-9,12H2,2-3H3. The average Bonchev–Trinajstić information content (AvgIpc) is 2.78. The molecular weight excluding hydrogens is 344 g/mol. The average molecular weight is 367 g/mol. The van der Waals surface area contributed by atoms with Crippen molar-refractivity contribution in [3.05, 3.63) is 35.6 Å². The lowest BCUT2D eigenvalue weighted by atomic mass is 10.3. The SMILES string of the molecule is C=CC(=O)N(C)CC(=O)N1CCCN(C(=O)c2cc(Cl)cn2C)CC1. The van der Waals surface area contributed by atoms with Crippen LogP contribution in [0.15, 0.2) is 24.9 Å². The molecule has 0 unspecified atom stereocenters. The summed E-state index contributed by atoms with van der Waals surface area (Å²) in [6, 6.07) is 1.65. The van der Waals surface area contributed by atoms with Crippen LogP contribution < -0.4 is 0 Å². The Labute approximate surface area is 152 Å². The van der Waals surface area contributed by atoms with E-state index in [-0.39, 0.29) is 24.3 Å². The van der Waals surface area contributed by atoms with Crippen LogP contribution in [0.1, 0.15) is 16.9 Å². The summed E-state index contributed by atoms with van der Waals surface area (Å²) in [5.41, 5.74) is 0.529. The van der Waals surface area contributed by atoms with Crippen molar-refractivity contribution >= 4 is 29.3 Å². The molecule has 1 aromatic heterocycles. The fourth-order valence-electron chi connectivity index (χ4n) is 2.81. The highest BCUT2D eigenvalue weighted by Crippen LogP contribution is 2.16. The van der Waals surface area contributed by atoms with Gasteiger partial charge in [0.15, 0.2) is 0 Å². The van der Waals surface area contributed by atoms with Gasteiger partial charge in [-0.15, -0.1) is 0 Å². The Hall–Kier alpha value is -2.28. The first-order valence-electron chi connectivity index (χ1n) is 8.10. The Balaban J connectivity index is 1.96. The number of likely N-dealkylation sites (N-methyl/N-ethyl adjacent to an activating group) is 1. The van der Waals surface area contributed by atoms with Crippen molar-refractivity contribution in [1.29, 1.82) is 0 Å². The van der Waals surface area contributed by atoms with E-state index in [1.807, 2.05) is 0 Å². The van der Waals surface area contributed by atoms with Gasteiger partial charge in [-0.3, -0.25) is 14.4 Å². The molecule has 8 heteroatoms. The molecule has 2 heterocycles. The van der Waals surface area contributed by atoms with Crippen molar-refractivity contribution in [2.75, 3.05) is 39.8 Å². The van der Waals surface area contributed by atoms with E-state index in [2.05, 4.69) is 6.58 Å². The molecule has 1 fully saturated rings. The maximum atomic E-state index is 12.6. The normalized spacial score (nSPS) is 14.8. The maximum absolute atomic E-state index is 12.6. The van der Waals surface area contributed by atoms with Crippen LogP contribution in [-0.2, 0) is 16.6 Å². The lowest BCUT2D eigenvalue weighted by Gasteiger charge is -2.24. The molecule has 2 rings (SSSR count). The molecule has 0 radical (unpaired) electrons. The van der Waals surface area contributed by atoms with Crippen LogP contribution in [0.5, 0.6) is 0 Å². The highest BCUT2D eigenvalue weighted by molar-refractivity contribution is 6.31. The molecule has 136 valence electrons. The van der Waals surface area contributed by atoms with Crippen LogP contribution in [0.3, 0.4) is 0 Å². The zero-order valence-electron chi connectivity index (χ0n) is 14.6. The van der Waals surface area contributed by atoms with Gasteiger partial charge in [-0.1, -0.05) is 18.2 Å². The fraction of sp³-hybridized carbons (Fsp3) is 0.471. The van der Waals surface area contributed by atoms with E-state index < -0.39 is 0 Å². The van der Waals surface area contributed by atoms with E-state index in [1.54, 1.807) is 40.7 Å². The molecule has 0 spiro atoms. The van der Waals surface area contributed by atoms with Crippen LogP contribution in [0, 0.1) is 0 Å². The largest absolute Gasteiger partial charge is 0.345 e. The third-order valence-corrected chi connectivity index (χ3v) is 4.46. The smallest absolute Gasteiger partial charge is 0.270 e. The second-order valence-corrected chi connectivity index (χ2v) is 6.52. The van der Waals surface area contributed by atoms with E-state index >= 15 is 0 Å². The number of amides is 3. The molecular formula is C17H23ClN4O3. The summed E-state index contributed by atoms with van der Waals surface area (Å²) in [6.45, 7) is 5.45. The number of nitrogens with zero attached hydrogens (tertiary/aromatic N) is 4. The van der Waals surface area contributed by atoms with Gasteiger partial charge in [-0.2, -0.15) is 0 Å². The number of rotatable bonds is 4. The Morgan fingerprint density at radius 2 is 1.88 bits per heavy atom. The molecule has 0 aromatic carbocycles. The number of hydrogen-bond donors (Lipinski definition) is 0. The van der Waals surface area contributed by atoms with Gasteiger partial charge >= 0.3 is 0 Å². The number of halogens is 1. The first-order chi connectivity index (χ1) is 11.8. The van der Waals surface area contributed by atoms with Crippen molar-refractivity contribution < 1.29 is 14.4 Å². The van der Waals surface area contributed by atoms with E-state index in [4.69, 9.17) is 11.6 Å². The molecule has 0 N–H and O–H groups in total. The monoisotopic (exact) mass is 366 g/mol. The summed E-state index contributed by atoms with van der Waals surface area (Å²) in [7, 11) is 3.34. The Morgan fingerprint density at radius 3 is 2.48 bits per heavy atom. The van der Waals surface area contributed by atoms with Gasteiger partial charge in [0, 0.05) is 46.5 Å². The Kier molecular flexibility index (Phi) is 6.25. The van der Waals surface area contributed by atoms with Gasteiger partial charge in [-0.25, -0.2) is 0 Å². The van der Waals surface area contributed by atoms with Crippen molar-refractivity contribution in [2.24, 2.45) is 7.05 Å². The first-order valence-corrected chi connectivity index (χ1v) is 8.47. The molecule has 0 bridgehead atoms. The summed E-state index contributed by atoms with van der Waals surface area (Å²) < 4.78 is 1.70. The fourth-order valence-corrected chi connectivity index (χ4v) is 3.06. The van der Waals surface area contributed by atoms with Gasteiger partial charge in [0.1, 0.15) is 5.69 Å². The predicted molar refractivity (Wildman–Crippen MR) is 95.4 cm³/mol. The molecule has 0 atom stereocenters. The number of hydrogen-bond acceptors (Lipinski definition) is 3. The van der Waals surface area contributed by atoms with Crippen LogP contribution in [0.25, 0.3) is 0 Å². The third kappa shape index (κ3) is 4.63. The molecule has 0 saturated carbocycles. The summed E-state index contributed by atoms with van der Waals surface area (Å²) in [5.74, 6) is -0.517. The van der Waals surface area contributed by atoms with Crippen LogP contribution >= 0.6 is 11.6 Å². The van der Waals surface area contributed by atoms with E-state index in [9.17, 15) is 14.4 Å². The molecule has 25 heavy (non-hydrogen) atoms. The second kappa shape index (κ2) is 8.20. The quantitative estimate of drug-likeness (QED) is 0.747. The van der Waals surface area contributed by atoms with Crippen LogP contribution in [-0.4, -0.2) is 76.8 Å². The molecule has 1 aliphatic rings. The molecule has 7 nitrogen and oxygen atoms in total. The van der Waals surface area contributed by atoms with Crippen LogP contribution in [0.2, 0.25) is 5.02 Å². The molecule has 3 amide bonds. The minimum Gasteiger partial charge on any atom is -0.345 e. The summed E-state index contributed by atoms with van der Waals surface area (Å²) in [4.78, 5) is 41.3.